The van der Waals surface area contributed by atoms with Gasteiger partial charge in [0.15, 0.2) is 0 Å². The minimum absolute atomic E-state index is 0.0706. The van der Waals surface area contributed by atoms with Gasteiger partial charge in [-0.15, -0.1) is 0 Å². The van der Waals surface area contributed by atoms with E-state index in [-0.39, 0.29) is 12.0 Å². The van der Waals surface area contributed by atoms with E-state index in [9.17, 15) is 4.79 Å². The highest BCUT2D eigenvalue weighted by Gasteiger charge is 1.96. The molecule has 0 aromatic rings. The van der Waals surface area contributed by atoms with Crippen LogP contribution in [-0.2, 0) is 9.53 Å². The first-order chi connectivity index (χ1) is 5.70. The first kappa shape index (κ1) is 11.2. The number of nitrogens with one attached hydrogen (secondary N) is 1. The van der Waals surface area contributed by atoms with Gasteiger partial charge in [-0.3, -0.25) is 4.79 Å². The highest BCUT2D eigenvalue weighted by Crippen LogP contribution is 1.97. The van der Waals surface area contributed by atoms with Gasteiger partial charge in [0.1, 0.15) is 0 Å². The number of amides is 1. The highest BCUT2D eigenvalue weighted by molar-refractivity contribution is 5.87. The summed E-state index contributed by atoms with van der Waals surface area (Å²) in [6.07, 6.45) is 4.31. The van der Waals surface area contributed by atoms with Crippen molar-refractivity contribution in [2.75, 3.05) is 13.7 Å². The van der Waals surface area contributed by atoms with Crippen LogP contribution in [0.15, 0.2) is 12.2 Å². The molecule has 0 saturated carbocycles. The molecule has 0 aliphatic heterocycles. The summed E-state index contributed by atoms with van der Waals surface area (Å²) in [7, 11) is 1.61. The molecule has 0 heterocycles. The monoisotopic (exact) mass is 171 g/mol. The summed E-state index contributed by atoms with van der Waals surface area (Å²) in [5.74, 6) is -0.0706. The molecule has 0 aliphatic rings. The normalized spacial score (nSPS) is 13.2. The maximum Gasteiger partial charge on any atom is 0.243 e. The zero-order chi connectivity index (χ0) is 9.40. The molecule has 0 bridgehead atoms. The molecule has 0 aliphatic carbocycles. The zero-order valence-electron chi connectivity index (χ0n) is 7.96. The van der Waals surface area contributed by atoms with Gasteiger partial charge in [-0.2, -0.15) is 0 Å². The number of rotatable bonds is 5. The third-order valence-electron chi connectivity index (χ3n) is 1.43. The SMILES string of the molecule is CCOC(C)CC=CC(=O)NC. The molecule has 3 heteroatoms. The Hall–Kier alpha value is -0.830. The van der Waals surface area contributed by atoms with E-state index < -0.39 is 0 Å². The highest BCUT2D eigenvalue weighted by atomic mass is 16.5. The van der Waals surface area contributed by atoms with Crippen LogP contribution in [-0.4, -0.2) is 25.7 Å². The summed E-state index contributed by atoms with van der Waals surface area (Å²) in [6, 6.07) is 0. The van der Waals surface area contributed by atoms with Gasteiger partial charge >= 0.3 is 0 Å². The van der Waals surface area contributed by atoms with Crippen LogP contribution < -0.4 is 5.32 Å². The van der Waals surface area contributed by atoms with Crippen molar-refractivity contribution >= 4 is 5.91 Å². The van der Waals surface area contributed by atoms with Crippen LogP contribution in [0.1, 0.15) is 20.3 Å². The van der Waals surface area contributed by atoms with Crippen LogP contribution in [0.25, 0.3) is 0 Å². The second-order valence-electron chi connectivity index (χ2n) is 2.52. The Labute approximate surface area is 73.8 Å². The molecule has 1 atom stereocenters. The molecule has 0 aromatic heterocycles. The van der Waals surface area contributed by atoms with E-state index in [0.29, 0.717) is 0 Å². The summed E-state index contributed by atoms with van der Waals surface area (Å²) >= 11 is 0. The topological polar surface area (TPSA) is 38.3 Å². The molecular formula is C9H17NO2. The van der Waals surface area contributed by atoms with Crippen molar-refractivity contribution in [2.45, 2.75) is 26.4 Å². The number of carbonyl (C=O) groups is 1. The van der Waals surface area contributed by atoms with E-state index in [1.54, 1.807) is 7.05 Å². The van der Waals surface area contributed by atoms with Crippen LogP contribution in [0.3, 0.4) is 0 Å². The minimum atomic E-state index is -0.0706. The zero-order valence-corrected chi connectivity index (χ0v) is 7.96. The fraction of sp³-hybridized carbons (Fsp3) is 0.667. The summed E-state index contributed by atoms with van der Waals surface area (Å²) in [5, 5.41) is 2.50. The van der Waals surface area contributed by atoms with E-state index in [4.69, 9.17) is 4.74 Å². The van der Waals surface area contributed by atoms with Crippen molar-refractivity contribution in [3.05, 3.63) is 12.2 Å². The summed E-state index contributed by atoms with van der Waals surface area (Å²) in [4.78, 5) is 10.7. The van der Waals surface area contributed by atoms with Crippen LogP contribution in [0, 0.1) is 0 Å². The third-order valence-corrected chi connectivity index (χ3v) is 1.43. The molecule has 0 spiro atoms. The summed E-state index contributed by atoms with van der Waals surface area (Å²) < 4.78 is 5.27. The lowest BCUT2D eigenvalue weighted by atomic mass is 10.2. The lowest BCUT2D eigenvalue weighted by molar-refractivity contribution is -0.116. The fourth-order valence-electron chi connectivity index (χ4n) is 0.803. The summed E-state index contributed by atoms with van der Waals surface area (Å²) in [6.45, 7) is 4.66. The minimum Gasteiger partial charge on any atom is -0.378 e. The third kappa shape index (κ3) is 5.92. The van der Waals surface area contributed by atoms with E-state index in [1.807, 2.05) is 19.9 Å². The maximum absolute atomic E-state index is 10.7. The maximum atomic E-state index is 10.7. The number of ether oxygens (including phenoxy) is 1. The van der Waals surface area contributed by atoms with Gasteiger partial charge in [0.25, 0.3) is 0 Å². The van der Waals surface area contributed by atoms with Crippen molar-refractivity contribution in [1.82, 2.24) is 5.32 Å². The van der Waals surface area contributed by atoms with Crippen molar-refractivity contribution in [2.24, 2.45) is 0 Å². The van der Waals surface area contributed by atoms with Crippen molar-refractivity contribution in [3.63, 3.8) is 0 Å². The molecule has 1 N–H and O–H groups in total. The average Bonchev–Trinajstić information content (AvgIpc) is 2.04. The molecule has 0 aromatic carbocycles. The van der Waals surface area contributed by atoms with Gasteiger partial charge in [-0.1, -0.05) is 6.08 Å². The molecule has 3 nitrogen and oxygen atoms in total. The smallest absolute Gasteiger partial charge is 0.243 e. The van der Waals surface area contributed by atoms with E-state index in [2.05, 4.69) is 5.32 Å². The molecule has 0 fully saturated rings. The molecular weight excluding hydrogens is 154 g/mol. The van der Waals surface area contributed by atoms with Crippen molar-refractivity contribution in [1.29, 1.82) is 0 Å². The molecule has 12 heavy (non-hydrogen) atoms. The number of carbonyl (C=O) groups excluding carboxylic acids is 1. The average molecular weight is 171 g/mol. The standard InChI is InChI=1S/C9H17NO2/c1-4-12-8(2)6-5-7-9(11)10-3/h5,7-8H,4,6H2,1-3H3,(H,10,11). The van der Waals surface area contributed by atoms with Crippen LogP contribution in [0.5, 0.6) is 0 Å². The second kappa shape index (κ2) is 6.85. The largest absolute Gasteiger partial charge is 0.378 e. The number of hydrogen-bond acceptors (Lipinski definition) is 2. The lowest BCUT2D eigenvalue weighted by Crippen LogP contribution is -2.14. The van der Waals surface area contributed by atoms with Gasteiger partial charge in [0.05, 0.1) is 6.10 Å². The Balaban J connectivity index is 3.52. The quantitative estimate of drug-likeness (QED) is 0.629. The molecule has 1 amide bonds. The first-order valence-electron chi connectivity index (χ1n) is 4.20. The Morgan fingerprint density at radius 3 is 2.83 bits per heavy atom. The van der Waals surface area contributed by atoms with Crippen LogP contribution >= 0.6 is 0 Å². The predicted octanol–water partition coefficient (Wildman–Crippen LogP) is 1.10. The Morgan fingerprint density at radius 1 is 1.67 bits per heavy atom. The molecule has 0 saturated heterocycles. The number of hydrogen-bond donors (Lipinski definition) is 1. The Morgan fingerprint density at radius 2 is 2.33 bits per heavy atom. The van der Waals surface area contributed by atoms with E-state index in [0.717, 1.165) is 13.0 Å². The van der Waals surface area contributed by atoms with Gasteiger partial charge in [0.2, 0.25) is 5.91 Å². The van der Waals surface area contributed by atoms with Crippen LogP contribution in [0.4, 0.5) is 0 Å². The fourth-order valence-corrected chi connectivity index (χ4v) is 0.803. The predicted molar refractivity (Wildman–Crippen MR) is 48.9 cm³/mol. The van der Waals surface area contributed by atoms with Gasteiger partial charge < -0.3 is 10.1 Å². The van der Waals surface area contributed by atoms with Crippen molar-refractivity contribution < 1.29 is 9.53 Å². The van der Waals surface area contributed by atoms with Gasteiger partial charge in [-0.25, -0.2) is 0 Å². The lowest BCUT2D eigenvalue weighted by Gasteiger charge is -2.07. The van der Waals surface area contributed by atoms with Crippen molar-refractivity contribution in [3.8, 4) is 0 Å². The van der Waals surface area contributed by atoms with Gasteiger partial charge in [0, 0.05) is 13.7 Å². The van der Waals surface area contributed by atoms with Crippen LogP contribution in [0.2, 0.25) is 0 Å². The number of likely N-dealkylation sites (N-methyl/N-ethyl adjacent to an activating group) is 1. The molecule has 1 unspecified atom stereocenters. The Bertz CT molecular complexity index is 155. The van der Waals surface area contributed by atoms with E-state index in [1.165, 1.54) is 6.08 Å². The van der Waals surface area contributed by atoms with Gasteiger partial charge in [-0.05, 0) is 26.3 Å². The molecule has 70 valence electrons. The molecule has 0 rings (SSSR count). The summed E-state index contributed by atoms with van der Waals surface area (Å²) in [5.41, 5.74) is 0. The first-order valence-corrected chi connectivity index (χ1v) is 4.20. The molecule has 0 radical (unpaired) electrons. The van der Waals surface area contributed by atoms with E-state index >= 15 is 0 Å². The Kier molecular flexibility index (Phi) is 6.38. The second-order valence-corrected chi connectivity index (χ2v) is 2.52.